The van der Waals surface area contributed by atoms with E-state index in [-0.39, 0.29) is 17.7 Å². The van der Waals surface area contributed by atoms with Crippen molar-refractivity contribution in [1.29, 1.82) is 0 Å². The third-order valence-electron chi connectivity index (χ3n) is 4.52. The number of piperidine rings is 1. The van der Waals surface area contributed by atoms with Gasteiger partial charge in [-0.25, -0.2) is 0 Å². The Kier molecular flexibility index (Phi) is 3.56. The van der Waals surface area contributed by atoms with Gasteiger partial charge in [-0.1, -0.05) is 25.5 Å². The lowest BCUT2D eigenvalue weighted by Gasteiger charge is -2.36. The number of rotatable bonds is 2. The predicted octanol–water partition coefficient (Wildman–Crippen LogP) is 2.66. The lowest BCUT2D eigenvalue weighted by atomic mass is 9.80. The monoisotopic (exact) mass is 259 g/mol. The van der Waals surface area contributed by atoms with Crippen LogP contribution in [-0.2, 0) is 0 Å². The molecule has 3 rings (SSSR count). The van der Waals surface area contributed by atoms with Crippen molar-refractivity contribution in [2.24, 2.45) is 11.8 Å². The summed E-state index contributed by atoms with van der Waals surface area (Å²) in [5.41, 5.74) is 0.749. The van der Waals surface area contributed by atoms with Gasteiger partial charge in [-0.05, 0) is 37.4 Å². The summed E-state index contributed by atoms with van der Waals surface area (Å²) in [6.07, 6.45) is 3.53. The lowest BCUT2D eigenvalue weighted by Crippen LogP contribution is -2.49. The lowest BCUT2D eigenvalue weighted by molar-refractivity contribution is 0.0739. The highest BCUT2D eigenvalue weighted by atomic mass is 16.5. The molecule has 3 unspecified atom stereocenters. The van der Waals surface area contributed by atoms with Crippen LogP contribution in [0.15, 0.2) is 24.3 Å². The van der Waals surface area contributed by atoms with Crippen LogP contribution in [0.3, 0.4) is 0 Å². The minimum atomic E-state index is -0.0238. The predicted molar refractivity (Wildman–Crippen MR) is 74.6 cm³/mol. The fraction of sp³-hybridized carbons (Fsp3) is 0.562. The SMILES string of the molecule is CCC1CCNC(C2COc3ccccc3C2=O)C1. The van der Waals surface area contributed by atoms with Crippen molar-refractivity contribution in [2.45, 2.75) is 32.2 Å². The molecule has 3 heteroatoms. The highest BCUT2D eigenvalue weighted by Gasteiger charge is 2.36. The van der Waals surface area contributed by atoms with E-state index in [0.717, 1.165) is 30.2 Å². The van der Waals surface area contributed by atoms with Crippen molar-refractivity contribution in [3.8, 4) is 5.75 Å². The van der Waals surface area contributed by atoms with Crippen LogP contribution >= 0.6 is 0 Å². The maximum absolute atomic E-state index is 12.6. The first-order valence-corrected chi connectivity index (χ1v) is 7.29. The summed E-state index contributed by atoms with van der Waals surface area (Å²) in [5, 5.41) is 3.51. The van der Waals surface area contributed by atoms with Crippen LogP contribution < -0.4 is 10.1 Å². The number of hydrogen-bond acceptors (Lipinski definition) is 3. The van der Waals surface area contributed by atoms with Gasteiger partial charge in [0.15, 0.2) is 5.78 Å². The van der Waals surface area contributed by atoms with Crippen LogP contribution in [0.5, 0.6) is 5.75 Å². The van der Waals surface area contributed by atoms with E-state index < -0.39 is 0 Å². The van der Waals surface area contributed by atoms with Gasteiger partial charge in [-0.2, -0.15) is 0 Å². The molecule has 102 valence electrons. The molecule has 1 aromatic carbocycles. The van der Waals surface area contributed by atoms with Crippen molar-refractivity contribution in [1.82, 2.24) is 5.32 Å². The summed E-state index contributed by atoms with van der Waals surface area (Å²) in [4.78, 5) is 12.6. The van der Waals surface area contributed by atoms with Gasteiger partial charge in [0.25, 0.3) is 0 Å². The maximum Gasteiger partial charge on any atom is 0.174 e. The largest absolute Gasteiger partial charge is 0.492 e. The Bertz CT molecular complexity index is 472. The fourth-order valence-electron chi connectivity index (χ4n) is 3.26. The number of carbonyl (C=O) groups is 1. The maximum atomic E-state index is 12.6. The van der Waals surface area contributed by atoms with Gasteiger partial charge < -0.3 is 10.1 Å². The van der Waals surface area contributed by atoms with E-state index in [0.29, 0.717) is 6.61 Å². The van der Waals surface area contributed by atoms with E-state index in [1.165, 1.54) is 12.8 Å². The molecular formula is C16H21NO2. The third kappa shape index (κ3) is 2.39. The zero-order valence-electron chi connectivity index (χ0n) is 11.4. The van der Waals surface area contributed by atoms with Gasteiger partial charge in [0.05, 0.1) is 18.1 Å². The summed E-state index contributed by atoms with van der Waals surface area (Å²) >= 11 is 0. The first-order valence-electron chi connectivity index (χ1n) is 7.29. The molecule has 0 radical (unpaired) electrons. The number of ether oxygens (including phenoxy) is 1. The molecule has 3 atom stereocenters. The van der Waals surface area contributed by atoms with E-state index in [1.54, 1.807) is 0 Å². The minimum Gasteiger partial charge on any atom is -0.492 e. The summed E-state index contributed by atoms with van der Waals surface area (Å²) in [7, 11) is 0. The second-order valence-electron chi connectivity index (χ2n) is 5.64. The molecule has 1 aromatic rings. The molecule has 0 saturated carbocycles. The minimum absolute atomic E-state index is 0.0238. The molecule has 2 aliphatic rings. The Morgan fingerprint density at radius 1 is 1.37 bits per heavy atom. The second-order valence-corrected chi connectivity index (χ2v) is 5.64. The van der Waals surface area contributed by atoms with E-state index in [4.69, 9.17) is 4.74 Å². The molecule has 2 heterocycles. The number of para-hydroxylation sites is 1. The van der Waals surface area contributed by atoms with Gasteiger partial charge in [-0.3, -0.25) is 4.79 Å². The molecular weight excluding hydrogens is 238 g/mol. The van der Waals surface area contributed by atoms with Gasteiger partial charge >= 0.3 is 0 Å². The Labute approximate surface area is 114 Å². The number of benzene rings is 1. The van der Waals surface area contributed by atoms with E-state index in [1.807, 2.05) is 24.3 Å². The smallest absolute Gasteiger partial charge is 0.174 e. The van der Waals surface area contributed by atoms with Gasteiger partial charge in [-0.15, -0.1) is 0 Å². The zero-order valence-corrected chi connectivity index (χ0v) is 11.4. The van der Waals surface area contributed by atoms with Crippen molar-refractivity contribution >= 4 is 5.78 Å². The molecule has 0 aromatic heterocycles. The molecule has 0 aliphatic carbocycles. The van der Waals surface area contributed by atoms with Crippen LogP contribution in [0.2, 0.25) is 0 Å². The van der Waals surface area contributed by atoms with Crippen LogP contribution in [0, 0.1) is 11.8 Å². The number of nitrogens with one attached hydrogen (secondary N) is 1. The Balaban J connectivity index is 1.78. The summed E-state index contributed by atoms with van der Waals surface area (Å²) in [6, 6.07) is 7.86. The average Bonchev–Trinajstić information content (AvgIpc) is 2.48. The quantitative estimate of drug-likeness (QED) is 0.887. The molecule has 0 bridgehead atoms. The average molecular weight is 259 g/mol. The van der Waals surface area contributed by atoms with E-state index >= 15 is 0 Å². The van der Waals surface area contributed by atoms with Crippen molar-refractivity contribution < 1.29 is 9.53 Å². The topological polar surface area (TPSA) is 38.3 Å². The van der Waals surface area contributed by atoms with Crippen molar-refractivity contribution in [3.05, 3.63) is 29.8 Å². The van der Waals surface area contributed by atoms with Gasteiger partial charge in [0.2, 0.25) is 0 Å². The number of Topliss-reactive ketones (excluding diaryl/α,β-unsaturated/α-hetero) is 1. The molecule has 0 amide bonds. The molecule has 1 saturated heterocycles. The number of hydrogen-bond donors (Lipinski definition) is 1. The summed E-state index contributed by atoms with van der Waals surface area (Å²) in [5.74, 6) is 1.71. The number of ketones is 1. The normalized spacial score (nSPS) is 30.6. The standard InChI is InChI=1S/C16H21NO2/c1-2-11-7-8-17-14(9-11)13-10-19-15-6-4-3-5-12(15)16(13)18/h3-6,11,13-14,17H,2,7-10H2,1H3. The summed E-state index contributed by atoms with van der Waals surface area (Å²) < 4.78 is 5.77. The first kappa shape index (κ1) is 12.7. The van der Waals surface area contributed by atoms with Crippen molar-refractivity contribution in [3.63, 3.8) is 0 Å². The highest BCUT2D eigenvalue weighted by Crippen LogP contribution is 2.32. The molecule has 0 spiro atoms. The molecule has 1 N–H and O–H groups in total. The van der Waals surface area contributed by atoms with Crippen LogP contribution in [-0.4, -0.2) is 25.0 Å². The number of carbonyl (C=O) groups excluding carboxylic acids is 1. The second kappa shape index (κ2) is 5.33. The third-order valence-corrected chi connectivity index (χ3v) is 4.52. The first-order chi connectivity index (χ1) is 9.29. The highest BCUT2D eigenvalue weighted by molar-refractivity contribution is 6.01. The van der Waals surface area contributed by atoms with Crippen LogP contribution in [0.4, 0.5) is 0 Å². The Morgan fingerprint density at radius 2 is 2.21 bits per heavy atom. The molecule has 2 aliphatic heterocycles. The van der Waals surface area contributed by atoms with E-state index in [9.17, 15) is 4.79 Å². The molecule has 1 fully saturated rings. The summed E-state index contributed by atoms with van der Waals surface area (Å²) in [6.45, 7) is 3.78. The zero-order chi connectivity index (χ0) is 13.2. The van der Waals surface area contributed by atoms with Crippen molar-refractivity contribution in [2.75, 3.05) is 13.2 Å². The van der Waals surface area contributed by atoms with E-state index in [2.05, 4.69) is 12.2 Å². The Hall–Kier alpha value is -1.35. The van der Waals surface area contributed by atoms with Gasteiger partial charge in [0, 0.05) is 6.04 Å². The number of fused-ring (bicyclic) bond motifs is 1. The molecule has 19 heavy (non-hydrogen) atoms. The van der Waals surface area contributed by atoms with Crippen LogP contribution in [0.1, 0.15) is 36.5 Å². The Morgan fingerprint density at radius 3 is 3.05 bits per heavy atom. The van der Waals surface area contributed by atoms with Crippen LogP contribution in [0.25, 0.3) is 0 Å². The fourth-order valence-corrected chi connectivity index (χ4v) is 3.26. The van der Waals surface area contributed by atoms with Gasteiger partial charge in [0.1, 0.15) is 5.75 Å². The molecule has 3 nitrogen and oxygen atoms in total.